The fourth-order valence-electron chi connectivity index (χ4n) is 2.56. The van der Waals surface area contributed by atoms with Gasteiger partial charge in [-0.2, -0.15) is 5.10 Å². The first kappa shape index (κ1) is 18.4. The molecule has 7 heteroatoms. The van der Waals surface area contributed by atoms with Crippen LogP contribution in [0.15, 0.2) is 54.6 Å². The molecule has 0 unspecified atom stereocenters. The molecule has 140 valence electrons. The third-order valence-corrected chi connectivity index (χ3v) is 3.90. The Morgan fingerprint density at radius 3 is 2.48 bits per heavy atom. The number of methoxy groups -OCH3 is 1. The third kappa shape index (κ3) is 4.25. The fourth-order valence-corrected chi connectivity index (χ4v) is 2.56. The Kier molecular flexibility index (Phi) is 5.40. The largest absolute Gasteiger partial charge is 0.493 e. The van der Waals surface area contributed by atoms with Crippen molar-refractivity contribution in [3.8, 4) is 17.2 Å². The van der Waals surface area contributed by atoms with Crippen LogP contribution in [0, 0.1) is 12.7 Å². The maximum absolute atomic E-state index is 13.2. The highest BCUT2D eigenvalue weighted by atomic mass is 19.1. The van der Waals surface area contributed by atoms with Gasteiger partial charge in [0.25, 0.3) is 5.91 Å². The molecule has 27 heavy (non-hydrogen) atoms. The monoisotopic (exact) mass is 369 g/mol. The molecule has 6 nitrogen and oxygen atoms in total. The summed E-state index contributed by atoms with van der Waals surface area (Å²) in [7, 11) is 1.54. The number of hydrogen-bond donors (Lipinski definition) is 1. The van der Waals surface area contributed by atoms with Gasteiger partial charge in [-0.3, -0.25) is 4.79 Å². The minimum absolute atomic E-state index is 0.341. The number of carbonyl (C=O) groups excluding carboxylic acids is 1. The number of amides is 1. The lowest BCUT2D eigenvalue weighted by Crippen LogP contribution is -2.31. The molecular weight excluding hydrogens is 349 g/mol. The Balaban J connectivity index is 1.77. The number of benzene rings is 2. The molecule has 0 bridgehead atoms. The zero-order valence-electron chi connectivity index (χ0n) is 15.3. The smallest absolute Gasteiger partial charge is 0.266 e. The Labute approximate surface area is 156 Å². The van der Waals surface area contributed by atoms with Crippen molar-refractivity contribution < 1.29 is 18.7 Å². The van der Waals surface area contributed by atoms with Crippen LogP contribution in [0.1, 0.15) is 12.6 Å². The van der Waals surface area contributed by atoms with Crippen LogP contribution in [0.4, 0.5) is 10.2 Å². The maximum Gasteiger partial charge on any atom is 0.266 e. The highest BCUT2D eigenvalue weighted by Gasteiger charge is 2.19. The molecule has 1 atom stereocenters. The number of nitrogens with one attached hydrogen (secondary N) is 1. The molecule has 3 rings (SSSR count). The summed E-state index contributed by atoms with van der Waals surface area (Å²) in [4.78, 5) is 12.6. The van der Waals surface area contributed by atoms with Crippen LogP contribution in [0.3, 0.4) is 0 Å². The number of rotatable bonds is 6. The van der Waals surface area contributed by atoms with E-state index in [2.05, 4.69) is 10.4 Å². The molecule has 0 saturated carbocycles. The molecule has 0 spiro atoms. The van der Waals surface area contributed by atoms with Crippen molar-refractivity contribution in [2.75, 3.05) is 12.4 Å². The number of aromatic nitrogens is 2. The van der Waals surface area contributed by atoms with Crippen molar-refractivity contribution in [3.05, 3.63) is 66.1 Å². The zero-order valence-corrected chi connectivity index (χ0v) is 15.3. The van der Waals surface area contributed by atoms with Gasteiger partial charge in [-0.25, -0.2) is 9.07 Å². The van der Waals surface area contributed by atoms with Crippen molar-refractivity contribution in [2.45, 2.75) is 20.0 Å². The Hall–Kier alpha value is -3.35. The van der Waals surface area contributed by atoms with Gasteiger partial charge in [0, 0.05) is 6.07 Å². The summed E-state index contributed by atoms with van der Waals surface area (Å²) in [6.07, 6.45) is -0.766. The fraction of sp³-hybridized carbons (Fsp3) is 0.200. The summed E-state index contributed by atoms with van der Waals surface area (Å²) in [6, 6.07) is 14.7. The molecule has 1 amide bonds. The number of ether oxygens (including phenoxy) is 2. The topological polar surface area (TPSA) is 65.4 Å². The lowest BCUT2D eigenvalue weighted by Gasteiger charge is -2.17. The van der Waals surface area contributed by atoms with Crippen molar-refractivity contribution in [2.24, 2.45) is 0 Å². The Bertz CT molecular complexity index is 938. The molecule has 1 aromatic heterocycles. The molecule has 0 aliphatic rings. The first-order valence-electron chi connectivity index (χ1n) is 8.41. The van der Waals surface area contributed by atoms with E-state index >= 15 is 0 Å². The van der Waals surface area contributed by atoms with Crippen LogP contribution in [-0.4, -0.2) is 28.9 Å². The van der Waals surface area contributed by atoms with Crippen LogP contribution in [0.25, 0.3) is 5.69 Å². The van der Waals surface area contributed by atoms with E-state index in [9.17, 15) is 9.18 Å². The molecule has 0 saturated heterocycles. The average Bonchev–Trinajstić information content (AvgIpc) is 3.02. The zero-order chi connectivity index (χ0) is 19.4. The van der Waals surface area contributed by atoms with Gasteiger partial charge in [-0.1, -0.05) is 12.1 Å². The molecule has 0 aliphatic heterocycles. The molecule has 1 N–H and O–H groups in total. The highest BCUT2D eigenvalue weighted by molar-refractivity contribution is 5.93. The van der Waals surface area contributed by atoms with E-state index in [0.717, 1.165) is 0 Å². The van der Waals surface area contributed by atoms with E-state index < -0.39 is 6.10 Å². The van der Waals surface area contributed by atoms with Gasteiger partial charge in [0.1, 0.15) is 11.6 Å². The first-order valence-corrected chi connectivity index (χ1v) is 8.41. The standard InChI is InChI=1S/C20H20FN3O3/c1-13-12-19(24(23-13)16-10-8-15(21)9-11-16)22-20(25)14(2)27-18-7-5-4-6-17(18)26-3/h4-12,14H,1-3H3,(H,22,25)/t14-/m1/s1. The number of para-hydroxylation sites is 2. The second-order valence-electron chi connectivity index (χ2n) is 5.96. The summed E-state index contributed by atoms with van der Waals surface area (Å²) in [5, 5.41) is 7.16. The van der Waals surface area contributed by atoms with E-state index in [1.54, 1.807) is 48.0 Å². The first-order chi connectivity index (χ1) is 13.0. The minimum atomic E-state index is -0.766. The molecule has 0 fully saturated rings. The number of carbonyl (C=O) groups is 1. The minimum Gasteiger partial charge on any atom is -0.493 e. The van der Waals surface area contributed by atoms with Crippen molar-refractivity contribution in [3.63, 3.8) is 0 Å². The molecule has 0 aliphatic carbocycles. The van der Waals surface area contributed by atoms with Gasteiger partial charge in [0.05, 0.1) is 18.5 Å². The van der Waals surface area contributed by atoms with Gasteiger partial charge in [-0.15, -0.1) is 0 Å². The average molecular weight is 369 g/mol. The van der Waals surface area contributed by atoms with Crippen LogP contribution in [-0.2, 0) is 4.79 Å². The van der Waals surface area contributed by atoms with Crippen LogP contribution >= 0.6 is 0 Å². The van der Waals surface area contributed by atoms with Crippen molar-refractivity contribution in [1.82, 2.24) is 9.78 Å². The van der Waals surface area contributed by atoms with Gasteiger partial charge in [0.15, 0.2) is 17.6 Å². The lowest BCUT2D eigenvalue weighted by molar-refractivity contribution is -0.122. The van der Waals surface area contributed by atoms with Gasteiger partial charge >= 0.3 is 0 Å². The summed E-state index contributed by atoms with van der Waals surface area (Å²) >= 11 is 0. The number of nitrogens with zero attached hydrogens (tertiary/aromatic N) is 2. The molecule has 3 aromatic rings. The predicted octanol–water partition coefficient (Wildman–Crippen LogP) is 3.73. The number of hydrogen-bond acceptors (Lipinski definition) is 4. The molecule has 1 heterocycles. The van der Waals surface area contributed by atoms with Crippen molar-refractivity contribution >= 4 is 11.7 Å². The van der Waals surface area contributed by atoms with Crippen LogP contribution in [0.5, 0.6) is 11.5 Å². The van der Waals surface area contributed by atoms with E-state index in [0.29, 0.717) is 28.7 Å². The number of anilines is 1. The van der Waals surface area contributed by atoms with E-state index in [1.165, 1.54) is 19.2 Å². The number of aryl methyl sites for hydroxylation is 1. The molecule has 0 radical (unpaired) electrons. The summed E-state index contributed by atoms with van der Waals surface area (Å²) in [6.45, 7) is 3.46. The normalized spacial score (nSPS) is 11.7. The van der Waals surface area contributed by atoms with E-state index in [-0.39, 0.29) is 11.7 Å². The Morgan fingerprint density at radius 1 is 1.15 bits per heavy atom. The maximum atomic E-state index is 13.2. The Morgan fingerprint density at radius 2 is 1.81 bits per heavy atom. The molecule has 2 aromatic carbocycles. The number of halogens is 1. The molecular formula is C20H20FN3O3. The van der Waals surface area contributed by atoms with Gasteiger partial charge < -0.3 is 14.8 Å². The van der Waals surface area contributed by atoms with E-state index in [4.69, 9.17) is 9.47 Å². The highest BCUT2D eigenvalue weighted by Crippen LogP contribution is 2.27. The lowest BCUT2D eigenvalue weighted by atomic mass is 10.3. The van der Waals surface area contributed by atoms with Gasteiger partial charge in [-0.05, 0) is 50.2 Å². The summed E-state index contributed by atoms with van der Waals surface area (Å²) in [5.41, 5.74) is 1.35. The SMILES string of the molecule is COc1ccccc1O[C@H](C)C(=O)Nc1cc(C)nn1-c1ccc(F)cc1. The summed E-state index contributed by atoms with van der Waals surface area (Å²) < 4.78 is 25.7. The van der Waals surface area contributed by atoms with E-state index in [1.807, 2.05) is 13.0 Å². The quantitative estimate of drug-likeness (QED) is 0.719. The predicted molar refractivity (Wildman–Crippen MR) is 100.0 cm³/mol. The van der Waals surface area contributed by atoms with Crippen molar-refractivity contribution in [1.29, 1.82) is 0 Å². The second-order valence-corrected chi connectivity index (χ2v) is 5.96. The van der Waals surface area contributed by atoms with Gasteiger partial charge in [0.2, 0.25) is 0 Å². The second kappa shape index (κ2) is 7.90. The van der Waals surface area contributed by atoms with Crippen LogP contribution in [0.2, 0.25) is 0 Å². The third-order valence-electron chi connectivity index (χ3n) is 3.90. The summed E-state index contributed by atoms with van der Waals surface area (Å²) in [5.74, 6) is 0.811. The van der Waals surface area contributed by atoms with Crippen LogP contribution < -0.4 is 14.8 Å².